The number of rotatable bonds is 1. The van der Waals surface area contributed by atoms with Crippen LogP contribution in [0.5, 0.6) is 0 Å². The van der Waals surface area contributed by atoms with E-state index in [0.29, 0.717) is 16.8 Å². The maximum Gasteiger partial charge on any atom is 0.344 e. The van der Waals surface area contributed by atoms with Crippen LogP contribution in [-0.4, -0.2) is 0 Å². The molecular weight excluding hydrogens is 274 g/mol. The Balaban J connectivity index is 2.12. The number of nitrogens with two attached hydrogens (primary N) is 1. The van der Waals surface area contributed by atoms with Gasteiger partial charge in [0.1, 0.15) is 5.58 Å². The molecule has 2 N–H and O–H groups in total. The van der Waals surface area contributed by atoms with E-state index in [-0.39, 0.29) is 11.0 Å². The predicted octanol–water partition coefficient (Wildman–Crippen LogP) is 4.34. The normalized spacial score (nSPS) is 11.8. The van der Waals surface area contributed by atoms with E-state index in [1.54, 1.807) is 12.1 Å². The van der Waals surface area contributed by atoms with Gasteiger partial charge < -0.3 is 10.2 Å². The Morgan fingerprint density at radius 2 is 1.64 bits per heavy atom. The summed E-state index contributed by atoms with van der Waals surface area (Å²) in [7, 11) is 0. The smallest absolute Gasteiger partial charge is 0.344 e. The van der Waals surface area contributed by atoms with E-state index < -0.39 is 0 Å². The van der Waals surface area contributed by atoms with E-state index in [1.807, 2.05) is 24.3 Å². The maximum absolute atomic E-state index is 12.2. The van der Waals surface area contributed by atoms with Crippen molar-refractivity contribution in [3.8, 4) is 11.1 Å². The summed E-state index contributed by atoms with van der Waals surface area (Å²) in [5.41, 5.74) is 9.22. The van der Waals surface area contributed by atoms with Crippen LogP contribution in [0.25, 0.3) is 22.1 Å². The molecule has 0 unspecified atom stereocenters. The topological polar surface area (TPSA) is 56.2 Å². The van der Waals surface area contributed by atoms with Crippen molar-refractivity contribution in [2.24, 2.45) is 0 Å². The van der Waals surface area contributed by atoms with Crippen LogP contribution in [0.3, 0.4) is 0 Å². The average molecular weight is 293 g/mol. The van der Waals surface area contributed by atoms with Crippen LogP contribution in [0.15, 0.2) is 57.7 Å². The lowest BCUT2D eigenvalue weighted by molar-refractivity contribution is 0.563. The lowest BCUT2D eigenvalue weighted by atomic mass is 9.86. The first-order valence-corrected chi connectivity index (χ1v) is 7.29. The highest BCUT2D eigenvalue weighted by Crippen LogP contribution is 2.26. The van der Waals surface area contributed by atoms with Crippen LogP contribution in [0.4, 0.5) is 5.69 Å². The standard InChI is InChI=1S/C19H19NO2/c1-19(2,3)14-7-4-12(5-8-14)16-10-13-6-9-15(20)11-17(13)22-18(16)21/h4-11H,20H2,1-3H3. The zero-order chi connectivity index (χ0) is 15.9. The van der Waals surface area contributed by atoms with E-state index in [9.17, 15) is 4.79 Å². The molecule has 2 aromatic carbocycles. The maximum atomic E-state index is 12.2. The highest BCUT2D eigenvalue weighted by Gasteiger charge is 2.14. The highest BCUT2D eigenvalue weighted by molar-refractivity contribution is 5.83. The molecule has 0 radical (unpaired) electrons. The Morgan fingerprint density at radius 3 is 2.27 bits per heavy atom. The molecule has 0 saturated heterocycles. The zero-order valence-electron chi connectivity index (χ0n) is 13.0. The van der Waals surface area contributed by atoms with Gasteiger partial charge in [-0.1, -0.05) is 45.0 Å². The fraction of sp³-hybridized carbons (Fsp3) is 0.211. The van der Waals surface area contributed by atoms with E-state index >= 15 is 0 Å². The Morgan fingerprint density at radius 1 is 0.955 bits per heavy atom. The second-order valence-corrected chi connectivity index (χ2v) is 6.57. The van der Waals surface area contributed by atoms with Gasteiger partial charge >= 0.3 is 5.63 Å². The third kappa shape index (κ3) is 2.62. The minimum absolute atomic E-state index is 0.0874. The number of nitrogen functional groups attached to an aromatic ring is 1. The quantitative estimate of drug-likeness (QED) is 0.536. The SMILES string of the molecule is CC(C)(C)c1ccc(-c2cc3ccc(N)cc3oc2=O)cc1. The number of benzene rings is 2. The third-order valence-electron chi connectivity index (χ3n) is 3.82. The van der Waals surface area contributed by atoms with Crippen molar-refractivity contribution >= 4 is 16.7 Å². The molecule has 112 valence electrons. The fourth-order valence-corrected chi connectivity index (χ4v) is 2.48. The lowest BCUT2D eigenvalue weighted by Gasteiger charge is -2.19. The predicted molar refractivity (Wildman–Crippen MR) is 91.0 cm³/mol. The van der Waals surface area contributed by atoms with Crippen LogP contribution in [-0.2, 0) is 5.41 Å². The highest BCUT2D eigenvalue weighted by atomic mass is 16.4. The minimum Gasteiger partial charge on any atom is -0.422 e. The van der Waals surface area contributed by atoms with Crippen molar-refractivity contribution in [3.63, 3.8) is 0 Å². The summed E-state index contributed by atoms with van der Waals surface area (Å²) in [4.78, 5) is 12.2. The van der Waals surface area contributed by atoms with Gasteiger partial charge in [-0.05, 0) is 34.7 Å². The van der Waals surface area contributed by atoms with Crippen molar-refractivity contribution in [2.45, 2.75) is 26.2 Å². The summed E-state index contributed by atoms with van der Waals surface area (Å²) in [6, 6.07) is 15.2. The molecule has 0 spiro atoms. The number of fused-ring (bicyclic) bond motifs is 1. The first kappa shape index (κ1) is 14.4. The monoisotopic (exact) mass is 293 g/mol. The van der Waals surface area contributed by atoms with Crippen LogP contribution in [0.2, 0.25) is 0 Å². The van der Waals surface area contributed by atoms with E-state index in [1.165, 1.54) is 5.56 Å². The molecule has 3 nitrogen and oxygen atoms in total. The number of hydrogen-bond donors (Lipinski definition) is 1. The summed E-state index contributed by atoms with van der Waals surface area (Å²) < 4.78 is 5.39. The molecule has 22 heavy (non-hydrogen) atoms. The summed E-state index contributed by atoms with van der Waals surface area (Å²) in [5.74, 6) is 0. The molecule has 3 heteroatoms. The fourth-order valence-electron chi connectivity index (χ4n) is 2.48. The molecule has 1 heterocycles. The molecule has 0 atom stereocenters. The molecular formula is C19H19NO2. The molecule has 0 aliphatic rings. The molecule has 3 aromatic rings. The summed E-state index contributed by atoms with van der Waals surface area (Å²) in [6.07, 6.45) is 0. The van der Waals surface area contributed by atoms with E-state index in [0.717, 1.165) is 10.9 Å². The third-order valence-corrected chi connectivity index (χ3v) is 3.82. The van der Waals surface area contributed by atoms with Gasteiger partial charge in [-0.25, -0.2) is 4.79 Å². The van der Waals surface area contributed by atoms with Crippen molar-refractivity contribution in [3.05, 3.63) is 64.5 Å². The minimum atomic E-state index is -0.346. The summed E-state index contributed by atoms with van der Waals surface area (Å²) >= 11 is 0. The van der Waals surface area contributed by atoms with Crippen LogP contribution in [0, 0.1) is 0 Å². The average Bonchev–Trinajstić information content (AvgIpc) is 2.45. The second kappa shape index (κ2) is 5.02. The van der Waals surface area contributed by atoms with E-state index in [4.69, 9.17) is 10.2 Å². The molecule has 0 aliphatic heterocycles. The first-order chi connectivity index (χ1) is 10.3. The Bertz CT molecular complexity index is 884. The first-order valence-electron chi connectivity index (χ1n) is 7.29. The summed E-state index contributed by atoms with van der Waals surface area (Å²) in [5, 5.41) is 0.865. The zero-order valence-corrected chi connectivity index (χ0v) is 13.0. The van der Waals surface area contributed by atoms with Gasteiger partial charge in [0, 0.05) is 17.1 Å². The lowest BCUT2D eigenvalue weighted by Crippen LogP contribution is -2.10. The van der Waals surface area contributed by atoms with Gasteiger partial charge in [0.05, 0.1) is 5.56 Å². The van der Waals surface area contributed by atoms with Crippen molar-refractivity contribution < 1.29 is 4.42 Å². The van der Waals surface area contributed by atoms with Crippen molar-refractivity contribution in [1.29, 1.82) is 0 Å². The molecule has 0 fully saturated rings. The molecule has 1 aromatic heterocycles. The van der Waals surface area contributed by atoms with Crippen LogP contribution in [0.1, 0.15) is 26.3 Å². The van der Waals surface area contributed by atoms with Gasteiger partial charge in [-0.15, -0.1) is 0 Å². The summed E-state index contributed by atoms with van der Waals surface area (Å²) in [6.45, 7) is 6.49. The van der Waals surface area contributed by atoms with Crippen molar-refractivity contribution in [1.82, 2.24) is 0 Å². The number of hydrogen-bond acceptors (Lipinski definition) is 3. The van der Waals surface area contributed by atoms with Crippen LogP contribution >= 0.6 is 0 Å². The van der Waals surface area contributed by atoms with Gasteiger partial charge in [-0.3, -0.25) is 0 Å². The Labute approximate surface area is 129 Å². The second-order valence-electron chi connectivity index (χ2n) is 6.57. The molecule has 0 aliphatic carbocycles. The number of anilines is 1. The molecule has 0 saturated carbocycles. The van der Waals surface area contributed by atoms with Gasteiger partial charge in [0.15, 0.2) is 0 Å². The van der Waals surface area contributed by atoms with Gasteiger partial charge in [-0.2, -0.15) is 0 Å². The molecule has 0 bridgehead atoms. The van der Waals surface area contributed by atoms with Crippen LogP contribution < -0.4 is 11.4 Å². The molecule has 0 amide bonds. The van der Waals surface area contributed by atoms with Crippen molar-refractivity contribution in [2.75, 3.05) is 5.73 Å². The van der Waals surface area contributed by atoms with E-state index in [2.05, 4.69) is 32.9 Å². The Kier molecular flexibility index (Phi) is 3.28. The Hall–Kier alpha value is -2.55. The van der Waals surface area contributed by atoms with Gasteiger partial charge in [0.25, 0.3) is 0 Å². The largest absolute Gasteiger partial charge is 0.422 e. The van der Waals surface area contributed by atoms with Gasteiger partial charge in [0.2, 0.25) is 0 Å². The molecule has 3 rings (SSSR count).